The van der Waals surface area contributed by atoms with Crippen molar-refractivity contribution >= 4 is 17.2 Å². The zero-order valence-corrected chi connectivity index (χ0v) is 15.6. The van der Waals surface area contributed by atoms with Crippen molar-refractivity contribution in [2.75, 3.05) is 6.54 Å². The van der Waals surface area contributed by atoms with Crippen molar-refractivity contribution in [2.24, 2.45) is 5.92 Å². The number of fused-ring (bicyclic) bond motifs is 1. The summed E-state index contributed by atoms with van der Waals surface area (Å²) in [5.41, 5.74) is 2.81. The van der Waals surface area contributed by atoms with Crippen molar-refractivity contribution < 1.29 is 9.18 Å². The Balaban J connectivity index is 1.36. The number of aromatic nitrogens is 2. The van der Waals surface area contributed by atoms with Crippen LogP contribution >= 0.6 is 11.3 Å². The average molecular weight is 381 g/mol. The van der Waals surface area contributed by atoms with Crippen LogP contribution in [0.25, 0.3) is 10.6 Å². The maximum absolute atomic E-state index is 13.7. The Hall–Kier alpha value is -2.60. The number of halogens is 1. The van der Waals surface area contributed by atoms with E-state index in [9.17, 15) is 9.18 Å². The first-order valence-electron chi connectivity index (χ1n) is 9.11. The lowest BCUT2D eigenvalue weighted by Gasteiger charge is -2.20. The van der Waals surface area contributed by atoms with Gasteiger partial charge in [0.15, 0.2) is 0 Å². The molecular weight excluding hydrogens is 361 g/mol. The molecule has 1 unspecified atom stereocenters. The lowest BCUT2D eigenvalue weighted by atomic mass is 9.90. The molecule has 4 rings (SSSR count). The molecule has 1 aromatic carbocycles. The van der Waals surface area contributed by atoms with E-state index in [-0.39, 0.29) is 17.6 Å². The highest BCUT2D eigenvalue weighted by atomic mass is 32.1. The van der Waals surface area contributed by atoms with Crippen molar-refractivity contribution in [1.82, 2.24) is 15.3 Å². The number of hydrogen-bond acceptors (Lipinski definition) is 4. The van der Waals surface area contributed by atoms with Gasteiger partial charge in [0.25, 0.3) is 0 Å². The van der Waals surface area contributed by atoms with Gasteiger partial charge in [0.2, 0.25) is 5.91 Å². The van der Waals surface area contributed by atoms with E-state index in [0.29, 0.717) is 18.5 Å². The monoisotopic (exact) mass is 381 g/mol. The molecule has 1 aliphatic carbocycles. The summed E-state index contributed by atoms with van der Waals surface area (Å²) >= 11 is 1.66. The first kappa shape index (κ1) is 17.8. The molecular formula is C21H20FN3OS. The van der Waals surface area contributed by atoms with Crippen molar-refractivity contribution in [3.63, 3.8) is 0 Å². The van der Waals surface area contributed by atoms with Crippen LogP contribution in [0.3, 0.4) is 0 Å². The third-order valence-electron chi connectivity index (χ3n) is 4.89. The lowest BCUT2D eigenvalue weighted by Crippen LogP contribution is -2.35. The molecule has 0 saturated heterocycles. The predicted molar refractivity (Wildman–Crippen MR) is 104 cm³/mol. The molecule has 2 aromatic heterocycles. The molecule has 0 fully saturated rings. The fourth-order valence-electron chi connectivity index (χ4n) is 3.38. The molecule has 6 heteroatoms. The van der Waals surface area contributed by atoms with E-state index >= 15 is 0 Å². The number of nitrogens with zero attached hydrogens (tertiary/aromatic N) is 2. The second-order valence-corrected chi connectivity index (χ2v) is 7.78. The van der Waals surface area contributed by atoms with Crippen molar-refractivity contribution in [3.05, 3.63) is 70.7 Å². The van der Waals surface area contributed by atoms with Crippen molar-refractivity contribution in [2.45, 2.75) is 25.7 Å². The normalized spacial score (nSPS) is 16.0. The second-order valence-electron chi connectivity index (χ2n) is 6.70. The smallest absolute Gasteiger partial charge is 0.223 e. The van der Waals surface area contributed by atoms with Crippen molar-refractivity contribution in [3.8, 4) is 10.6 Å². The Kier molecular flexibility index (Phi) is 5.25. The van der Waals surface area contributed by atoms with Crippen LogP contribution < -0.4 is 5.32 Å². The van der Waals surface area contributed by atoms with E-state index in [1.54, 1.807) is 35.9 Å². The summed E-state index contributed by atoms with van der Waals surface area (Å²) in [5, 5.41) is 3.96. The SMILES string of the molecule is O=C(NCCc1ccccc1F)C1CCc2nc(-c3ccncc3)sc2C1. The number of amides is 1. The van der Waals surface area contributed by atoms with Gasteiger partial charge >= 0.3 is 0 Å². The van der Waals surface area contributed by atoms with Gasteiger partial charge in [-0.1, -0.05) is 18.2 Å². The molecule has 1 amide bonds. The fourth-order valence-corrected chi connectivity index (χ4v) is 4.58. The largest absolute Gasteiger partial charge is 0.356 e. The van der Waals surface area contributed by atoms with E-state index in [0.717, 1.165) is 35.5 Å². The topological polar surface area (TPSA) is 54.9 Å². The number of nitrogens with one attached hydrogen (secondary N) is 1. The van der Waals surface area contributed by atoms with Crippen LogP contribution in [0.5, 0.6) is 0 Å². The van der Waals surface area contributed by atoms with Crippen LogP contribution in [0.2, 0.25) is 0 Å². The number of rotatable bonds is 5. The van der Waals surface area contributed by atoms with E-state index in [1.165, 1.54) is 10.9 Å². The molecule has 0 radical (unpaired) electrons. The number of benzene rings is 1. The Bertz CT molecular complexity index is 942. The molecule has 0 aliphatic heterocycles. The maximum Gasteiger partial charge on any atom is 0.223 e. The quantitative estimate of drug-likeness (QED) is 0.731. The number of pyridine rings is 1. The highest BCUT2D eigenvalue weighted by Crippen LogP contribution is 2.34. The van der Waals surface area contributed by atoms with Crippen LogP contribution in [0.1, 0.15) is 22.6 Å². The third kappa shape index (κ3) is 4.06. The number of carbonyl (C=O) groups is 1. The molecule has 1 aliphatic rings. The first-order valence-corrected chi connectivity index (χ1v) is 9.92. The molecule has 0 bridgehead atoms. The highest BCUT2D eigenvalue weighted by Gasteiger charge is 2.27. The van der Waals surface area contributed by atoms with E-state index < -0.39 is 0 Å². The minimum absolute atomic E-state index is 0.0381. The molecule has 4 nitrogen and oxygen atoms in total. The Morgan fingerprint density at radius 2 is 2.04 bits per heavy atom. The first-order chi connectivity index (χ1) is 13.2. The number of aryl methyl sites for hydroxylation is 1. The molecule has 1 N–H and O–H groups in total. The summed E-state index contributed by atoms with van der Waals surface area (Å²) in [7, 11) is 0. The van der Waals surface area contributed by atoms with Gasteiger partial charge in [-0.05, 0) is 49.4 Å². The summed E-state index contributed by atoms with van der Waals surface area (Å²) in [6.07, 6.45) is 6.39. The number of carbonyl (C=O) groups excluding carboxylic acids is 1. The zero-order chi connectivity index (χ0) is 18.6. The Labute approximate surface area is 161 Å². The van der Waals surface area contributed by atoms with Gasteiger partial charge in [0, 0.05) is 35.3 Å². The summed E-state index contributed by atoms with van der Waals surface area (Å²) < 4.78 is 13.7. The van der Waals surface area contributed by atoms with Gasteiger partial charge in [-0.2, -0.15) is 0 Å². The summed E-state index contributed by atoms with van der Waals surface area (Å²) in [6.45, 7) is 0.452. The molecule has 27 heavy (non-hydrogen) atoms. The maximum atomic E-state index is 13.7. The van der Waals surface area contributed by atoms with E-state index in [1.807, 2.05) is 18.2 Å². The zero-order valence-electron chi connectivity index (χ0n) is 14.8. The Morgan fingerprint density at radius 1 is 1.22 bits per heavy atom. The molecule has 3 aromatic rings. The minimum atomic E-state index is -0.220. The highest BCUT2D eigenvalue weighted by molar-refractivity contribution is 7.15. The third-order valence-corrected chi connectivity index (χ3v) is 6.06. The summed E-state index contributed by atoms with van der Waals surface area (Å²) in [4.78, 5) is 22.5. The average Bonchev–Trinajstić information content (AvgIpc) is 3.13. The van der Waals surface area contributed by atoms with Gasteiger partial charge in [0.05, 0.1) is 5.69 Å². The van der Waals surface area contributed by atoms with Crippen LogP contribution in [-0.2, 0) is 24.1 Å². The molecule has 0 saturated carbocycles. The van der Waals surface area contributed by atoms with Gasteiger partial charge in [-0.25, -0.2) is 9.37 Å². The van der Waals surface area contributed by atoms with Gasteiger partial charge in [0.1, 0.15) is 10.8 Å². The van der Waals surface area contributed by atoms with Gasteiger partial charge in [-0.15, -0.1) is 11.3 Å². The van der Waals surface area contributed by atoms with Crippen LogP contribution in [0.4, 0.5) is 4.39 Å². The summed E-state index contributed by atoms with van der Waals surface area (Å²) in [5.74, 6) is -0.206. The van der Waals surface area contributed by atoms with Gasteiger partial charge < -0.3 is 5.32 Å². The Morgan fingerprint density at radius 3 is 2.85 bits per heavy atom. The molecule has 1 atom stereocenters. The van der Waals surface area contributed by atoms with Crippen molar-refractivity contribution in [1.29, 1.82) is 0 Å². The van der Waals surface area contributed by atoms with E-state index in [4.69, 9.17) is 4.98 Å². The molecule has 2 heterocycles. The lowest BCUT2D eigenvalue weighted by molar-refractivity contribution is -0.125. The number of thiazole rings is 1. The second kappa shape index (κ2) is 7.96. The predicted octanol–water partition coefficient (Wildman–Crippen LogP) is 3.81. The standard InChI is InChI=1S/C21H20FN3OS/c22-17-4-2-1-3-14(17)9-12-24-20(26)16-5-6-18-19(13-16)27-21(25-18)15-7-10-23-11-8-15/h1-4,7-8,10-11,16H,5-6,9,12-13H2,(H,24,26). The van der Waals surface area contributed by atoms with Crippen LogP contribution in [-0.4, -0.2) is 22.4 Å². The molecule has 138 valence electrons. The van der Waals surface area contributed by atoms with Crippen LogP contribution in [0, 0.1) is 11.7 Å². The van der Waals surface area contributed by atoms with E-state index in [2.05, 4.69) is 10.3 Å². The minimum Gasteiger partial charge on any atom is -0.356 e. The van der Waals surface area contributed by atoms with Crippen LogP contribution in [0.15, 0.2) is 48.8 Å². The fraction of sp³-hybridized carbons (Fsp3) is 0.286. The van der Waals surface area contributed by atoms with Gasteiger partial charge in [-0.3, -0.25) is 9.78 Å². The summed E-state index contributed by atoms with van der Waals surface area (Å²) in [6, 6.07) is 10.6. The molecule has 0 spiro atoms. The number of hydrogen-bond donors (Lipinski definition) is 1.